The van der Waals surface area contributed by atoms with Crippen molar-refractivity contribution in [2.45, 2.75) is 51.9 Å². The Labute approximate surface area is 131 Å². The van der Waals surface area contributed by atoms with E-state index in [0.717, 1.165) is 19.3 Å². The van der Waals surface area contributed by atoms with Crippen molar-refractivity contribution in [3.63, 3.8) is 0 Å². The number of hydrogen-bond acceptors (Lipinski definition) is 3. The Hall–Kier alpha value is 0.641. The molecule has 0 unspecified atom stereocenters. The van der Waals surface area contributed by atoms with E-state index < -0.39 is 11.5 Å². The van der Waals surface area contributed by atoms with Gasteiger partial charge >= 0.3 is 48.9 Å². The Morgan fingerprint density at radius 1 is 1.13 bits per heavy atom. The number of carbonyl (C=O) groups excluding carboxylic acids is 1. The maximum absolute atomic E-state index is 10.9. The molecule has 0 aliphatic heterocycles. The van der Waals surface area contributed by atoms with Gasteiger partial charge in [0.05, 0.1) is 0 Å². The Balaban J connectivity index is 0. The van der Waals surface area contributed by atoms with Crippen molar-refractivity contribution in [3.8, 4) is 0 Å². The van der Waals surface area contributed by atoms with Crippen molar-refractivity contribution in [3.05, 3.63) is 10.1 Å². The van der Waals surface area contributed by atoms with Crippen LogP contribution in [0, 0.1) is 10.1 Å². The molecule has 4 nitrogen and oxygen atoms in total. The second-order valence-corrected chi connectivity index (χ2v) is 3.55. The van der Waals surface area contributed by atoms with Gasteiger partial charge in [-0.15, -0.1) is 0 Å². The van der Waals surface area contributed by atoms with E-state index in [1.54, 1.807) is 0 Å². The number of Topliss-reactive ketones (excluding diaryl/α,β-unsaturated/α-hetero) is 1. The van der Waals surface area contributed by atoms with Crippen LogP contribution in [0.1, 0.15) is 51.9 Å². The standard InChI is InChI=1S/C10H19NO3.Ba.2H/c1-2-3-4-5-6-7-8-10(12)9-11(13)14;;;/h2-9H2,1H3;;;. The van der Waals surface area contributed by atoms with E-state index in [0.29, 0.717) is 6.42 Å². The van der Waals surface area contributed by atoms with Crippen LogP contribution < -0.4 is 0 Å². The first-order valence-corrected chi connectivity index (χ1v) is 5.30. The van der Waals surface area contributed by atoms with Crippen molar-refractivity contribution < 1.29 is 9.72 Å². The van der Waals surface area contributed by atoms with Crippen molar-refractivity contribution in [1.29, 1.82) is 0 Å². The quantitative estimate of drug-likeness (QED) is 0.278. The molecule has 15 heavy (non-hydrogen) atoms. The maximum atomic E-state index is 10.9. The number of rotatable bonds is 9. The minimum absolute atomic E-state index is 0. The first-order valence-electron chi connectivity index (χ1n) is 5.30. The fourth-order valence-electron chi connectivity index (χ4n) is 1.33. The Bertz CT molecular complexity index is 186. The molecule has 0 spiro atoms. The van der Waals surface area contributed by atoms with Gasteiger partial charge in [-0.1, -0.05) is 39.0 Å². The van der Waals surface area contributed by atoms with Crippen LogP contribution in [0.4, 0.5) is 0 Å². The fraction of sp³-hybridized carbons (Fsp3) is 0.900. The summed E-state index contributed by atoms with van der Waals surface area (Å²) in [4.78, 5) is 20.3. The molecular formula is C10H21BaNO3. The average molecular weight is 341 g/mol. The molecular weight excluding hydrogens is 319 g/mol. The number of hydrogen-bond donors (Lipinski definition) is 0. The third kappa shape index (κ3) is 14.6. The summed E-state index contributed by atoms with van der Waals surface area (Å²) in [5, 5.41) is 9.97. The Kier molecular flexibility index (Phi) is 15.3. The molecule has 0 saturated carbocycles. The van der Waals surface area contributed by atoms with Crippen LogP contribution in [0.3, 0.4) is 0 Å². The summed E-state index contributed by atoms with van der Waals surface area (Å²) in [6.45, 7) is 1.65. The molecule has 0 N–H and O–H groups in total. The van der Waals surface area contributed by atoms with Crippen molar-refractivity contribution in [1.82, 2.24) is 0 Å². The molecule has 0 saturated heterocycles. The fourth-order valence-corrected chi connectivity index (χ4v) is 1.33. The van der Waals surface area contributed by atoms with Crippen LogP contribution in [0.15, 0.2) is 0 Å². The van der Waals surface area contributed by atoms with E-state index in [2.05, 4.69) is 6.92 Å². The molecule has 5 heteroatoms. The van der Waals surface area contributed by atoms with E-state index in [4.69, 9.17) is 0 Å². The average Bonchev–Trinajstić information content (AvgIpc) is 2.10. The summed E-state index contributed by atoms with van der Waals surface area (Å²) < 4.78 is 0. The van der Waals surface area contributed by atoms with E-state index in [1.165, 1.54) is 19.3 Å². The number of carbonyl (C=O) groups is 1. The molecule has 0 aliphatic carbocycles. The van der Waals surface area contributed by atoms with E-state index in [1.807, 2.05) is 0 Å². The van der Waals surface area contributed by atoms with Crippen molar-refractivity contribution in [2.24, 2.45) is 0 Å². The number of nitrogens with zero attached hydrogens (tertiary/aromatic N) is 1. The summed E-state index contributed by atoms with van der Waals surface area (Å²) in [5.74, 6) is -0.245. The molecule has 0 atom stereocenters. The van der Waals surface area contributed by atoms with Gasteiger partial charge in [-0.3, -0.25) is 14.9 Å². The van der Waals surface area contributed by atoms with Gasteiger partial charge in [0.25, 0.3) is 6.54 Å². The van der Waals surface area contributed by atoms with E-state index in [-0.39, 0.29) is 54.7 Å². The molecule has 0 radical (unpaired) electrons. The van der Waals surface area contributed by atoms with Gasteiger partial charge in [0.2, 0.25) is 5.78 Å². The molecule has 0 rings (SSSR count). The summed E-state index contributed by atoms with van der Waals surface area (Å²) >= 11 is 0. The molecule has 0 amide bonds. The van der Waals surface area contributed by atoms with Gasteiger partial charge in [0, 0.05) is 11.3 Å². The van der Waals surface area contributed by atoms with Gasteiger partial charge in [0.15, 0.2) is 0 Å². The van der Waals surface area contributed by atoms with Crippen LogP contribution in [-0.2, 0) is 4.79 Å². The predicted octanol–water partition coefficient (Wildman–Crippen LogP) is 1.67. The van der Waals surface area contributed by atoms with Crippen LogP contribution in [0.5, 0.6) is 0 Å². The van der Waals surface area contributed by atoms with E-state index in [9.17, 15) is 14.9 Å². The van der Waals surface area contributed by atoms with Crippen LogP contribution in [-0.4, -0.2) is 66.1 Å². The topological polar surface area (TPSA) is 60.2 Å². The SMILES string of the molecule is CCCCCCCCC(=O)C[N+](=O)[O-].[BaH2]. The molecule has 0 aromatic heterocycles. The Morgan fingerprint density at radius 2 is 1.67 bits per heavy atom. The summed E-state index contributed by atoms with van der Waals surface area (Å²) in [6, 6.07) is 0. The van der Waals surface area contributed by atoms with Crippen LogP contribution in [0.25, 0.3) is 0 Å². The van der Waals surface area contributed by atoms with Gasteiger partial charge in [-0.2, -0.15) is 0 Å². The molecule has 0 fully saturated rings. The van der Waals surface area contributed by atoms with Crippen LogP contribution in [0.2, 0.25) is 0 Å². The zero-order chi connectivity index (χ0) is 10.8. The second kappa shape index (κ2) is 12.7. The number of ketones is 1. The third-order valence-electron chi connectivity index (χ3n) is 2.11. The second-order valence-electron chi connectivity index (χ2n) is 3.55. The van der Waals surface area contributed by atoms with Crippen LogP contribution >= 0.6 is 0 Å². The minimum atomic E-state index is -0.556. The Morgan fingerprint density at radius 3 is 2.20 bits per heavy atom. The number of unbranched alkanes of at least 4 members (excludes halogenated alkanes) is 5. The molecule has 86 valence electrons. The monoisotopic (exact) mass is 341 g/mol. The van der Waals surface area contributed by atoms with Crippen molar-refractivity contribution in [2.75, 3.05) is 6.54 Å². The third-order valence-corrected chi connectivity index (χ3v) is 2.11. The zero-order valence-corrected chi connectivity index (χ0v) is 8.83. The summed E-state index contributed by atoms with van der Waals surface area (Å²) in [7, 11) is 0. The molecule has 0 aliphatic rings. The summed E-state index contributed by atoms with van der Waals surface area (Å²) in [6.07, 6.45) is 6.98. The number of nitro groups is 1. The predicted molar refractivity (Wildman–Crippen MR) is 63.4 cm³/mol. The molecule has 0 aromatic carbocycles. The van der Waals surface area contributed by atoms with Gasteiger partial charge in [-0.05, 0) is 6.42 Å². The van der Waals surface area contributed by atoms with Crippen molar-refractivity contribution >= 4 is 54.7 Å². The normalized spacial score (nSPS) is 9.40. The molecule has 0 heterocycles. The first-order chi connectivity index (χ1) is 6.66. The molecule has 0 aromatic rings. The van der Waals surface area contributed by atoms with Gasteiger partial charge < -0.3 is 0 Å². The first kappa shape index (κ1) is 18.0. The zero-order valence-electron chi connectivity index (χ0n) is 8.83. The van der Waals surface area contributed by atoms with Gasteiger partial charge in [0.1, 0.15) is 0 Å². The van der Waals surface area contributed by atoms with Gasteiger partial charge in [-0.25, -0.2) is 0 Å². The molecule has 0 bridgehead atoms. The summed E-state index contributed by atoms with van der Waals surface area (Å²) in [5.41, 5.74) is 0. The van der Waals surface area contributed by atoms with E-state index >= 15 is 0 Å².